The highest BCUT2D eigenvalue weighted by Crippen LogP contribution is 2.27. The van der Waals surface area contributed by atoms with E-state index in [9.17, 15) is 4.79 Å². The molecular formula is C16H22ClN5O. The minimum Gasteiger partial charge on any atom is -0.347 e. The fraction of sp³-hybridized carbons (Fsp3) is 0.438. The second-order valence-corrected chi connectivity index (χ2v) is 5.79. The Bertz CT molecular complexity index is 626. The summed E-state index contributed by atoms with van der Waals surface area (Å²) in [5.74, 6) is 0.762. The lowest BCUT2D eigenvalue weighted by Crippen LogP contribution is -2.36. The van der Waals surface area contributed by atoms with Gasteiger partial charge in [-0.05, 0) is 44.4 Å². The van der Waals surface area contributed by atoms with Crippen LogP contribution in [0.15, 0.2) is 36.5 Å². The van der Waals surface area contributed by atoms with Crippen LogP contribution in [0.25, 0.3) is 5.69 Å². The summed E-state index contributed by atoms with van der Waals surface area (Å²) in [5, 5.41) is 14.4. The Labute approximate surface area is 142 Å². The lowest BCUT2D eigenvalue weighted by atomic mass is 10.2. The normalized spacial score (nSPS) is 14.8. The average molecular weight is 336 g/mol. The molecule has 6 nitrogen and oxygen atoms in total. The van der Waals surface area contributed by atoms with Gasteiger partial charge in [0.25, 0.3) is 0 Å². The van der Waals surface area contributed by atoms with Crippen LogP contribution in [0.4, 0.5) is 0 Å². The summed E-state index contributed by atoms with van der Waals surface area (Å²) >= 11 is 0. The van der Waals surface area contributed by atoms with Crippen LogP contribution in [0.5, 0.6) is 0 Å². The Hall–Kier alpha value is -1.92. The lowest BCUT2D eigenvalue weighted by molar-refractivity contribution is -0.120. The minimum absolute atomic E-state index is 0. The topological polar surface area (TPSA) is 71.8 Å². The molecule has 124 valence electrons. The van der Waals surface area contributed by atoms with Gasteiger partial charge in [-0.25, -0.2) is 4.68 Å². The smallest absolute Gasteiger partial charge is 0.234 e. The molecule has 1 saturated carbocycles. The molecule has 1 aromatic carbocycles. The largest absolute Gasteiger partial charge is 0.347 e. The number of hydrogen-bond donors (Lipinski definition) is 2. The maximum Gasteiger partial charge on any atom is 0.234 e. The summed E-state index contributed by atoms with van der Waals surface area (Å²) in [6, 6.07) is 9.62. The molecule has 1 unspecified atom stereocenters. The predicted molar refractivity (Wildman–Crippen MR) is 90.8 cm³/mol. The van der Waals surface area contributed by atoms with Crippen molar-refractivity contribution in [2.45, 2.75) is 25.8 Å². The Morgan fingerprint density at radius 1 is 1.35 bits per heavy atom. The van der Waals surface area contributed by atoms with E-state index in [1.807, 2.05) is 43.5 Å². The zero-order valence-electron chi connectivity index (χ0n) is 13.1. The van der Waals surface area contributed by atoms with Gasteiger partial charge in [0.1, 0.15) is 5.69 Å². The lowest BCUT2D eigenvalue weighted by Gasteiger charge is -2.11. The van der Waals surface area contributed by atoms with Crippen molar-refractivity contribution in [2.24, 2.45) is 5.92 Å². The number of nitrogens with one attached hydrogen (secondary N) is 2. The van der Waals surface area contributed by atoms with Gasteiger partial charge < -0.3 is 10.6 Å². The molecule has 2 aromatic rings. The van der Waals surface area contributed by atoms with Gasteiger partial charge in [-0.3, -0.25) is 4.79 Å². The van der Waals surface area contributed by atoms with Crippen LogP contribution in [0.3, 0.4) is 0 Å². The van der Waals surface area contributed by atoms with E-state index in [2.05, 4.69) is 20.9 Å². The summed E-state index contributed by atoms with van der Waals surface area (Å²) < 4.78 is 1.71. The van der Waals surface area contributed by atoms with Gasteiger partial charge in [0.2, 0.25) is 5.91 Å². The molecule has 0 radical (unpaired) electrons. The molecule has 1 aliphatic rings. The summed E-state index contributed by atoms with van der Waals surface area (Å²) in [4.78, 5) is 11.9. The number of amides is 1. The zero-order chi connectivity index (χ0) is 15.4. The van der Waals surface area contributed by atoms with Crippen molar-refractivity contribution in [3.8, 4) is 5.69 Å². The Morgan fingerprint density at radius 3 is 2.78 bits per heavy atom. The Morgan fingerprint density at radius 2 is 2.09 bits per heavy atom. The highest BCUT2D eigenvalue weighted by Gasteiger charge is 2.21. The number of carbonyl (C=O) groups excluding carboxylic acids is 1. The molecule has 0 aliphatic heterocycles. The fourth-order valence-electron chi connectivity index (χ4n) is 2.26. The van der Waals surface area contributed by atoms with Crippen molar-refractivity contribution in [3.05, 3.63) is 42.2 Å². The van der Waals surface area contributed by atoms with Crippen molar-refractivity contribution >= 4 is 18.3 Å². The maximum atomic E-state index is 11.9. The molecule has 1 atom stereocenters. The van der Waals surface area contributed by atoms with Crippen LogP contribution in [0.1, 0.15) is 31.5 Å². The van der Waals surface area contributed by atoms with Crippen LogP contribution in [0, 0.1) is 5.92 Å². The average Bonchev–Trinajstić information content (AvgIpc) is 3.21. The van der Waals surface area contributed by atoms with E-state index in [-0.39, 0.29) is 24.4 Å². The number of carbonyl (C=O) groups is 1. The zero-order valence-corrected chi connectivity index (χ0v) is 13.9. The van der Waals surface area contributed by atoms with E-state index in [0.717, 1.165) is 23.8 Å². The SMILES string of the molecule is CC(NC(=O)CNCC1CC1)c1cn(-c2ccccc2)nn1.Cl. The highest BCUT2D eigenvalue weighted by molar-refractivity contribution is 5.85. The van der Waals surface area contributed by atoms with E-state index >= 15 is 0 Å². The van der Waals surface area contributed by atoms with Crippen LogP contribution < -0.4 is 10.6 Å². The standard InChI is InChI=1S/C16H21N5O.ClH/c1-12(18-16(22)10-17-9-13-7-8-13)15-11-21(20-19-15)14-5-3-2-4-6-14;/h2-6,11-13,17H,7-10H2,1H3,(H,18,22);1H. The van der Waals surface area contributed by atoms with Gasteiger partial charge >= 0.3 is 0 Å². The van der Waals surface area contributed by atoms with Gasteiger partial charge in [-0.15, -0.1) is 17.5 Å². The van der Waals surface area contributed by atoms with Gasteiger partial charge in [0.15, 0.2) is 0 Å². The predicted octanol–water partition coefficient (Wildman–Crippen LogP) is 1.87. The maximum absolute atomic E-state index is 11.9. The van der Waals surface area contributed by atoms with E-state index in [4.69, 9.17) is 0 Å². The quantitative estimate of drug-likeness (QED) is 0.810. The van der Waals surface area contributed by atoms with E-state index in [0.29, 0.717) is 6.54 Å². The van der Waals surface area contributed by atoms with Gasteiger partial charge in [-0.2, -0.15) is 0 Å². The van der Waals surface area contributed by atoms with Crippen molar-refractivity contribution in [1.82, 2.24) is 25.6 Å². The molecule has 7 heteroatoms. The number of rotatable bonds is 7. The number of benzene rings is 1. The molecule has 0 saturated heterocycles. The number of hydrogen-bond acceptors (Lipinski definition) is 4. The molecule has 1 amide bonds. The van der Waals surface area contributed by atoms with Gasteiger partial charge in [0.05, 0.1) is 24.5 Å². The molecular weight excluding hydrogens is 314 g/mol. The fourth-order valence-corrected chi connectivity index (χ4v) is 2.26. The first-order chi connectivity index (χ1) is 10.7. The van der Waals surface area contributed by atoms with Crippen molar-refractivity contribution < 1.29 is 4.79 Å². The van der Waals surface area contributed by atoms with Crippen LogP contribution in [-0.4, -0.2) is 34.0 Å². The summed E-state index contributed by atoms with van der Waals surface area (Å²) in [5.41, 5.74) is 1.70. The number of para-hydroxylation sites is 1. The molecule has 1 fully saturated rings. The number of aromatic nitrogens is 3. The molecule has 1 aliphatic carbocycles. The monoisotopic (exact) mass is 335 g/mol. The summed E-state index contributed by atoms with van der Waals surface area (Å²) in [6.07, 6.45) is 4.42. The molecule has 1 heterocycles. The first-order valence-corrected chi connectivity index (χ1v) is 7.70. The molecule has 1 aromatic heterocycles. The Kier molecular flexibility index (Phi) is 6.12. The molecule has 23 heavy (non-hydrogen) atoms. The van der Waals surface area contributed by atoms with Crippen molar-refractivity contribution in [2.75, 3.05) is 13.1 Å². The van der Waals surface area contributed by atoms with E-state index in [1.54, 1.807) is 4.68 Å². The molecule has 3 rings (SSSR count). The van der Waals surface area contributed by atoms with Crippen LogP contribution in [-0.2, 0) is 4.79 Å². The third-order valence-electron chi connectivity index (χ3n) is 3.77. The third kappa shape index (κ3) is 5.04. The van der Waals surface area contributed by atoms with Crippen molar-refractivity contribution in [3.63, 3.8) is 0 Å². The Balaban J connectivity index is 0.00000192. The minimum atomic E-state index is -0.160. The van der Waals surface area contributed by atoms with Gasteiger partial charge in [-0.1, -0.05) is 23.4 Å². The van der Waals surface area contributed by atoms with Crippen LogP contribution in [0.2, 0.25) is 0 Å². The van der Waals surface area contributed by atoms with Gasteiger partial charge in [0, 0.05) is 0 Å². The second-order valence-electron chi connectivity index (χ2n) is 5.79. The van der Waals surface area contributed by atoms with Crippen LogP contribution >= 0.6 is 12.4 Å². The summed E-state index contributed by atoms with van der Waals surface area (Å²) in [7, 11) is 0. The second kappa shape index (κ2) is 8.08. The molecule has 2 N–H and O–H groups in total. The third-order valence-corrected chi connectivity index (χ3v) is 3.77. The number of halogens is 1. The molecule has 0 spiro atoms. The first kappa shape index (κ1) is 17.4. The highest BCUT2D eigenvalue weighted by atomic mass is 35.5. The van der Waals surface area contributed by atoms with E-state index in [1.165, 1.54) is 12.8 Å². The molecule has 0 bridgehead atoms. The first-order valence-electron chi connectivity index (χ1n) is 7.70. The van der Waals surface area contributed by atoms with E-state index < -0.39 is 0 Å². The summed E-state index contributed by atoms with van der Waals surface area (Å²) in [6.45, 7) is 3.21. The number of nitrogens with zero attached hydrogens (tertiary/aromatic N) is 3. The van der Waals surface area contributed by atoms with Crippen molar-refractivity contribution in [1.29, 1.82) is 0 Å².